The summed E-state index contributed by atoms with van der Waals surface area (Å²) in [5.74, 6) is 0.635. The predicted octanol–water partition coefficient (Wildman–Crippen LogP) is 5.38. The number of fused-ring (bicyclic) bond motifs is 1. The van der Waals surface area contributed by atoms with E-state index < -0.39 is 5.60 Å². The van der Waals surface area contributed by atoms with Gasteiger partial charge in [-0.3, -0.25) is 0 Å². The molecular formula is C20H32O. The summed E-state index contributed by atoms with van der Waals surface area (Å²) < 4.78 is 0. The minimum absolute atomic E-state index is 0.635. The van der Waals surface area contributed by atoms with Crippen LogP contribution in [0.5, 0.6) is 0 Å². The summed E-state index contributed by atoms with van der Waals surface area (Å²) in [7, 11) is 0. The molecule has 1 aromatic carbocycles. The van der Waals surface area contributed by atoms with Gasteiger partial charge in [-0.15, -0.1) is 0 Å². The molecule has 2 atom stereocenters. The Balaban J connectivity index is 2.10. The Morgan fingerprint density at radius 2 is 1.86 bits per heavy atom. The van der Waals surface area contributed by atoms with Gasteiger partial charge < -0.3 is 5.11 Å². The van der Waals surface area contributed by atoms with Crippen molar-refractivity contribution >= 4 is 0 Å². The summed E-state index contributed by atoms with van der Waals surface area (Å²) >= 11 is 0. The van der Waals surface area contributed by atoms with Crippen LogP contribution >= 0.6 is 0 Å². The molecule has 21 heavy (non-hydrogen) atoms. The van der Waals surface area contributed by atoms with Gasteiger partial charge in [0.2, 0.25) is 0 Å². The minimum Gasteiger partial charge on any atom is -0.385 e. The molecule has 0 fully saturated rings. The molecule has 2 unspecified atom stereocenters. The second kappa shape index (κ2) is 7.45. The van der Waals surface area contributed by atoms with E-state index in [2.05, 4.69) is 32.0 Å². The quantitative estimate of drug-likeness (QED) is 0.714. The maximum atomic E-state index is 11.0. The van der Waals surface area contributed by atoms with Crippen LogP contribution < -0.4 is 0 Å². The van der Waals surface area contributed by atoms with E-state index in [1.54, 1.807) is 0 Å². The van der Waals surface area contributed by atoms with Crippen LogP contribution in [0, 0.1) is 5.92 Å². The van der Waals surface area contributed by atoms with Crippen molar-refractivity contribution in [2.24, 2.45) is 5.92 Å². The third-order valence-electron chi connectivity index (χ3n) is 5.20. The SMILES string of the molecule is CCCCC(CC)CC(C)(O)c1ccc2c(c1)CCCC2. The lowest BCUT2D eigenvalue weighted by Crippen LogP contribution is -2.25. The molecule has 0 amide bonds. The molecular weight excluding hydrogens is 256 g/mol. The van der Waals surface area contributed by atoms with Crippen LogP contribution in [0.1, 0.15) is 82.4 Å². The number of benzene rings is 1. The number of aryl methyl sites for hydroxylation is 2. The smallest absolute Gasteiger partial charge is 0.0871 e. The fourth-order valence-corrected chi connectivity index (χ4v) is 3.69. The molecule has 1 aliphatic rings. The lowest BCUT2D eigenvalue weighted by Gasteiger charge is -2.30. The van der Waals surface area contributed by atoms with E-state index in [0.717, 1.165) is 12.0 Å². The minimum atomic E-state index is -0.680. The van der Waals surface area contributed by atoms with E-state index in [1.165, 1.54) is 62.5 Å². The van der Waals surface area contributed by atoms with Gasteiger partial charge in [-0.1, -0.05) is 57.7 Å². The summed E-state index contributed by atoms with van der Waals surface area (Å²) in [5.41, 5.74) is 3.42. The highest BCUT2D eigenvalue weighted by Gasteiger charge is 2.27. The van der Waals surface area contributed by atoms with Crippen molar-refractivity contribution in [2.75, 3.05) is 0 Å². The molecule has 118 valence electrons. The molecule has 1 heteroatoms. The highest BCUT2D eigenvalue weighted by Crippen LogP contribution is 2.34. The third-order valence-corrected chi connectivity index (χ3v) is 5.20. The fourth-order valence-electron chi connectivity index (χ4n) is 3.69. The van der Waals surface area contributed by atoms with Gasteiger partial charge in [0.25, 0.3) is 0 Å². The highest BCUT2D eigenvalue weighted by molar-refractivity contribution is 5.36. The summed E-state index contributed by atoms with van der Waals surface area (Å²) in [4.78, 5) is 0. The first kappa shape index (κ1) is 16.5. The van der Waals surface area contributed by atoms with Crippen molar-refractivity contribution in [3.8, 4) is 0 Å². The van der Waals surface area contributed by atoms with Crippen LogP contribution in [0.4, 0.5) is 0 Å². The lowest BCUT2D eigenvalue weighted by molar-refractivity contribution is 0.0274. The number of hydrogen-bond donors (Lipinski definition) is 1. The van der Waals surface area contributed by atoms with Crippen LogP contribution in [-0.4, -0.2) is 5.11 Å². The Kier molecular flexibility index (Phi) is 5.87. The molecule has 0 saturated heterocycles. The van der Waals surface area contributed by atoms with Crippen molar-refractivity contribution in [3.05, 3.63) is 34.9 Å². The normalized spacial score (nSPS) is 18.9. The van der Waals surface area contributed by atoms with E-state index in [1.807, 2.05) is 6.92 Å². The first-order valence-electron chi connectivity index (χ1n) is 8.91. The Morgan fingerprint density at radius 3 is 2.52 bits per heavy atom. The first-order valence-corrected chi connectivity index (χ1v) is 8.91. The maximum absolute atomic E-state index is 11.0. The van der Waals surface area contributed by atoms with Gasteiger partial charge in [-0.2, -0.15) is 0 Å². The summed E-state index contributed by atoms with van der Waals surface area (Å²) in [6, 6.07) is 6.70. The molecule has 0 aliphatic heterocycles. The Hall–Kier alpha value is -0.820. The Morgan fingerprint density at radius 1 is 1.14 bits per heavy atom. The van der Waals surface area contributed by atoms with E-state index in [0.29, 0.717) is 5.92 Å². The second-order valence-electron chi connectivity index (χ2n) is 7.09. The predicted molar refractivity (Wildman–Crippen MR) is 90.6 cm³/mol. The molecule has 1 aliphatic carbocycles. The van der Waals surface area contributed by atoms with Gasteiger partial charge in [0, 0.05) is 0 Å². The van der Waals surface area contributed by atoms with E-state index in [-0.39, 0.29) is 0 Å². The zero-order chi connectivity index (χ0) is 15.3. The van der Waals surface area contributed by atoms with Gasteiger partial charge in [0.05, 0.1) is 5.60 Å². The maximum Gasteiger partial charge on any atom is 0.0871 e. The van der Waals surface area contributed by atoms with Gasteiger partial charge in [-0.05, 0) is 61.6 Å². The van der Waals surface area contributed by atoms with Crippen molar-refractivity contribution < 1.29 is 5.11 Å². The monoisotopic (exact) mass is 288 g/mol. The van der Waals surface area contributed by atoms with Crippen molar-refractivity contribution in [1.29, 1.82) is 0 Å². The van der Waals surface area contributed by atoms with Crippen molar-refractivity contribution in [1.82, 2.24) is 0 Å². The van der Waals surface area contributed by atoms with Crippen molar-refractivity contribution in [3.63, 3.8) is 0 Å². The molecule has 0 heterocycles. The van der Waals surface area contributed by atoms with E-state index >= 15 is 0 Å². The zero-order valence-electron chi connectivity index (χ0n) is 14.1. The standard InChI is InChI=1S/C20H32O/c1-4-6-9-16(5-2)15-20(3,21)19-13-12-17-10-7-8-11-18(17)14-19/h12-14,16,21H,4-11,15H2,1-3H3. The van der Waals surface area contributed by atoms with Crippen LogP contribution in [-0.2, 0) is 18.4 Å². The van der Waals surface area contributed by atoms with Gasteiger partial charge in [0.1, 0.15) is 0 Å². The molecule has 0 spiro atoms. The average molecular weight is 288 g/mol. The lowest BCUT2D eigenvalue weighted by atomic mass is 9.80. The molecule has 0 radical (unpaired) electrons. The van der Waals surface area contributed by atoms with Crippen LogP contribution in [0.3, 0.4) is 0 Å². The molecule has 1 nitrogen and oxygen atoms in total. The van der Waals surface area contributed by atoms with Crippen LogP contribution in [0.25, 0.3) is 0 Å². The first-order chi connectivity index (χ1) is 10.1. The number of unbranched alkanes of at least 4 members (excludes halogenated alkanes) is 1. The number of hydrogen-bond acceptors (Lipinski definition) is 1. The largest absolute Gasteiger partial charge is 0.385 e. The third kappa shape index (κ3) is 4.32. The summed E-state index contributed by atoms with van der Waals surface area (Å²) in [6.45, 7) is 6.50. The summed E-state index contributed by atoms with van der Waals surface area (Å²) in [5, 5.41) is 11.0. The second-order valence-corrected chi connectivity index (χ2v) is 7.09. The molecule has 2 rings (SSSR count). The average Bonchev–Trinajstić information content (AvgIpc) is 2.50. The Labute approximate surface area is 130 Å². The van der Waals surface area contributed by atoms with E-state index in [9.17, 15) is 5.11 Å². The Bertz CT molecular complexity index is 447. The fraction of sp³-hybridized carbons (Fsp3) is 0.700. The molecule has 0 bridgehead atoms. The molecule has 0 aromatic heterocycles. The molecule has 0 saturated carbocycles. The number of aliphatic hydroxyl groups is 1. The van der Waals surface area contributed by atoms with Gasteiger partial charge >= 0.3 is 0 Å². The highest BCUT2D eigenvalue weighted by atomic mass is 16.3. The van der Waals surface area contributed by atoms with Crippen LogP contribution in [0.15, 0.2) is 18.2 Å². The topological polar surface area (TPSA) is 20.2 Å². The zero-order valence-corrected chi connectivity index (χ0v) is 14.1. The van der Waals surface area contributed by atoms with Crippen molar-refractivity contribution in [2.45, 2.75) is 84.2 Å². The molecule has 1 N–H and O–H groups in total. The van der Waals surface area contributed by atoms with E-state index in [4.69, 9.17) is 0 Å². The molecule has 1 aromatic rings. The summed E-state index contributed by atoms with van der Waals surface area (Å²) in [6.07, 6.45) is 10.8. The van der Waals surface area contributed by atoms with Gasteiger partial charge in [-0.25, -0.2) is 0 Å². The number of rotatable bonds is 7. The van der Waals surface area contributed by atoms with Crippen LogP contribution in [0.2, 0.25) is 0 Å². The van der Waals surface area contributed by atoms with Gasteiger partial charge in [0.15, 0.2) is 0 Å².